The van der Waals surface area contributed by atoms with Crippen molar-refractivity contribution >= 4 is 11.9 Å². The maximum atomic E-state index is 12.4. The number of carbonyl (C=O) groups is 2. The van der Waals surface area contributed by atoms with Crippen LogP contribution in [0.5, 0.6) is 0 Å². The van der Waals surface area contributed by atoms with E-state index >= 15 is 0 Å². The molecule has 0 unspecified atom stereocenters. The van der Waals surface area contributed by atoms with E-state index < -0.39 is 23.4 Å². The Bertz CT molecular complexity index is 650. The molecule has 1 aromatic heterocycles. The van der Waals surface area contributed by atoms with Gasteiger partial charge in [-0.2, -0.15) is 0 Å². The van der Waals surface area contributed by atoms with Gasteiger partial charge in [0.05, 0.1) is 5.92 Å². The lowest BCUT2D eigenvalue weighted by Gasteiger charge is -2.15. The highest BCUT2D eigenvalue weighted by Gasteiger charge is 2.47. The molecule has 2 fully saturated rings. The first kappa shape index (κ1) is 13.8. The van der Waals surface area contributed by atoms with Crippen LogP contribution in [0, 0.1) is 24.7 Å². The molecule has 1 aliphatic carbocycles. The fourth-order valence-electron chi connectivity index (χ4n) is 3.06. The number of aryl methyl sites for hydroxylation is 1. The van der Waals surface area contributed by atoms with Crippen molar-refractivity contribution in [3.05, 3.63) is 27.9 Å². The Morgan fingerprint density at radius 2 is 2.10 bits per heavy atom. The van der Waals surface area contributed by atoms with Gasteiger partial charge in [-0.25, -0.2) is 4.98 Å². The van der Waals surface area contributed by atoms with Gasteiger partial charge in [0.1, 0.15) is 11.4 Å². The summed E-state index contributed by atoms with van der Waals surface area (Å²) in [4.78, 5) is 43.5. The molecule has 21 heavy (non-hydrogen) atoms. The zero-order valence-corrected chi connectivity index (χ0v) is 11.7. The number of aromatic amines is 1. The lowest BCUT2D eigenvalue weighted by atomic mass is 9.92. The third-order valence-corrected chi connectivity index (χ3v) is 4.35. The number of hydrogen-bond donors (Lipinski definition) is 2. The number of hydrogen-bond acceptors (Lipinski definition) is 4. The Kier molecular flexibility index (Phi) is 3.27. The molecule has 3 rings (SSSR count). The maximum absolute atomic E-state index is 12.4. The van der Waals surface area contributed by atoms with E-state index in [4.69, 9.17) is 0 Å². The third kappa shape index (κ3) is 2.55. The van der Waals surface area contributed by atoms with Gasteiger partial charge < -0.3 is 15.0 Å². The van der Waals surface area contributed by atoms with E-state index in [1.807, 2.05) is 0 Å². The van der Waals surface area contributed by atoms with Crippen LogP contribution in [0.3, 0.4) is 0 Å². The highest BCUT2D eigenvalue weighted by molar-refractivity contribution is 5.94. The molecule has 2 N–H and O–H groups in total. The first-order valence-corrected chi connectivity index (χ1v) is 7.05. The van der Waals surface area contributed by atoms with Crippen LogP contribution in [-0.4, -0.2) is 44.9 Å². The number of carboxylic acids is 1. The number of carbonyl (C=O) groups excluding carboxylic acids is 1. The molecule has 7 heteroatoms. The van der Waals surface area contributed by atoms with Crippen molar-refractivity contribution in [2.75, 3.05) is 13.1 Å². The zero-order valence-electron chi connectivity index (χ0n) is 11.7. The number of aliphatic carboxylic acids is 1. The molecular formula is C14H17N3O4. The van der Waals surface area contributed by atoms with E-state index in [1.54, 1.807) is 6.92 Å². The monoisotopic (exact) mass is 291 g/mol. The van der Waals surface area contributed by atoms with Gasteiger partial charge in [-0.1, -0.05) is 0 Å². The topological polar surface area (TPSA) is 103 Å². The Labute approximate surface area is 121 Å². The van der Waals surface area contributed by atoms with E-state index in [-0.39, 0.29) is 18.0 Å². The number of nitrogens with one attached hydrogen (secondary N) is 1. The van der Waals surface area contributed by atoms with E-state index in [0.717, 1.165) is 12.8 Å². The summed E-state index contributed by atoms with van der Waals surface area (Å²) in [5.41, 5.74) is -0.504. The quantitative estimate of drug-likeness (QED) is 0.831. The molecule has 1 saturated heterocycles. The Morgan fingerprint density at radius 3 is 2.67 bits per heavy atom. The molecule has 1 aromatic rings. The number of aromatic nitrogens is 2. The number of likely N-dealkylation sites (tertiary alicyclic amines) is 1. The molecule has 1 amide bonds. The smallest absolute Gasteiger partial charge is 0.308 e. The molecule has 2 heterocycles. The summed E-state index contributed by atoms with van der Waals surface area (Å²) in [5.74, 6) is -0.977. The van der Waals surface area contributed by atoms with Crippen molar-refractivity contribution in [2.24, 2.45) is 17.8 Å². The predicted octanol–water partition coefficient (Wildman–Crippen LogP) is 0.261. The summed E-state index contributed by atoms with van der Waals surface area (Å²) in [5, 5.41) is 9.30. The van der Waals surface area contributed by atoms with Gasteiger partial charge >= 0.3 is 5.97 Å². The minimum atomic E-state index is -0.863. The molecule has 0 spiro atoms. The molecular weight excluding hydrogens is 274 g/mol. The van der Waals surface area contributed by atoms with Crippen LogP contribution in [0.1, 0.15) is 29.0 Å². The third-order valence-electron chi connectivity index (χ3n) is 4.35. The van der Waals surface area contributed by atoms with Gasteiger partial charge in [0, 0.05) is 19.3 Å². The van der Waals surface area contributed by atoms with Crippen LogP contribution in [0.4, 0.5) is 0 Å². The van der Waals surface area contributed by atoms with Crippen LogP contribution in [-0.2, 0) is 4.79 Å². The number of nitrogens with zero attached hydrogens (tertiary/aromatic N) is 2. The molecule has 1 saturated carbocycles. The van der Waals surface area contributed by atoms with Crippen LogP contribution >= 0.6 is 0 Å². The average molecular weight is 291 g/mol. The second kappa shape index (κ2) is 4.98. The van der Waals surface area contributed by atoms with Gasteiger partial charge in [-0.05, 0) is 31.6 Å². The summed E-state index contributed by atoms with van der Waals surface area (Å²) in [7, 11) is 0. The van der Waals surface area contributed by atoms with Crippen molar-refractivity contribution in [2.45, 2.75) is 19.8 Å². The Balaban J connectivity index is 1.82. The van der Waals surface area contributed by atoms with Crippen LogP contribution < -0.4 is 5.56 Å². The zero-order chi connectivity index (χ0) is 15.1. The van der Waals surface area contributed by atoms with E-state index in [9.17, 15) is 19.5 Å². The minimum absolute atomic E-state index is 0.00365. The Hall–Kier alpha value is -2.18. The average Bonchev–Trinajstić information content (AvgIpc) is 3.16. The largest absolute Gasteiger partial charge is 0.481 e. The van der Waals surface area contributed by atoms with Gasteiger partial charge in [0.25, 0.3) is 11.5 Å². The summed E-state index contributed by atoms with van der Waals surface area (Å²) in [6.07, 6.45) is 3.32. The first-order valence-electron chi connectivity index (χ1n) is 7.05. The van der Waals surface area contributed by atoms with E-state index in [2.05, 4.69) is 9.97 Å². The summed E-state index contributed by atoms with van der Waals surface area (Å²) in [6.45, 7) is 2.21. The Morgan fingerprint density at radius 1 is 1.38 bits per heavy atom. The lowest BCUT2D eigenvalue weighted by molar-refractivity contribution is -0.142. The van der Waals surface area contributed by atoms with E-state index in [0.29, 0.717) is 18.3 Å². The highest BCUT2D eigenvalue weighted by atomic mass is 16.4. The number of rotatable bonds is 3. The first-order chi connectivity index (χ1) is 9.97. The summed E-state index contributed by atoms with van der Waals surface area (Å²) in [6, 6.07) is 0. The second-order valence-corrected chi connectivity index (χ2v) is 5.87. The molecule has 2 aliphatic rings. The van der Waals surface area contributed by atoms with Crippen molar-refractivity contribution < 1.29 is 14.7 Å². The van der Waals surface area contributed by atoms with Gasteiger partial charge in [0.15, 0.2) is 0 Å². The highest BCUT2D eigenvalue weighted by Crippen LogP contribution is 2.44. The molecule has 7 nitrogen and oxygen atoms in total. The number of amides is 1. The SMILES string of the molecule is Cc1ncc(C(=O)N2C[C@@H](C(=O)O)[C@H](C3CC3)C2)c(=O)[nH]1. The van der Waals surface area contributed by atoms with Crippen molar-refractivity contribution in [3.8, 4) is 0 Å². The van der Waals surface area contributed by atoms with Gasteiger partial charge in [-0.3, -0.25) is 14.4 Å². The predicted molar refractivity (Wildman–Crippen MR) is 72.8 cm³/mol. The fourth-order valence-corrected chi connectivity index (χ4v) is 3.06. The standard InChI is InChI=1S/C14H17N3O4/c1-7-15-4-9(12(18)16-7)13(19)17-5-10(8-2-3-8)11(6-17)14(20)21/h4,8,10-11H,2-3,5-6H2,1H3,(H,20,21)(H,15,16,18)/t10-,11+/m0/s1. The van der Waals surface area contributed by atoms with Crippen molar-refractivity contribution in [1.82, 2.24) is 14.9 Å². The fraction of sp³-hybridized carbons (Fsp3) is 0.571. The molecule has 2 atom stereocenters. The minimum Gasteiger partial charge on any atom is -0.481 e. The number of H-pyrrole nitrogens is 1. The van der Waals surface area contributed by atoms with E-state index in [1.165, 1.54) is 11.1 Å². The summed E-state index contributed by atoms with van der Waals surface area (Å²) >= 11 is 0. The molecule has 0 radical (unpaired) electrons. The lowest BCUT2D eigenvalue weighted by Crippen LogP contribution is -2.34. The molecule has 0 aromatic carbocycles. The maximum Gasteiger partial charge on any atom is 0.308 e. The van der Waals surface area contributed by atoms with Gasteiger partial charge in [-0.15, -0.1) is 0 Å². The normalized spacial score (nSPS) is 25.1. The van der Waals surface area contributed by atoms with Crippen LogP contribution in [0.15, 0.2) is 11.0 Å². The summed E-state index contributed by atoms with van der Waals surface area (Å²) < 4.78 is 0. The molecule has 1 aliphatic heterocycles. The second-order valence-electron chi connectivity index (χ2n) is 5.87. The molecule has 112 valence electrons. The van der Waals surface area contributed by atoms with Crippen LogP contribution in [0.25, 0.3) is 0 Å². The number of carboxylic acid groups (broad SMARTS) is 1. The van der Waals surface area contributed by atoms with Crippen LogP contribution in [0.2, 0.25) is 0 Å². The van der Waals surface area contributed by atoms with Gasteiger partial charge in [0.2, 0.25) is 0 Å². The molecule has 0 bridgehead atoms. The van der Waals surface area contributed by atoms with Crippen molar-refractivity contribution in [3.63, 3.8) is 0 Å². The van der Waals surface area contributed by atoms with Crippen molar-refractivity contribution in [1.29, 1.82) is 0 Å².